The van der Waals surface area contributed by atoms with Crippen LogP contribution >= 0.6 is 0 Å². The zero-order valence-electron chi connectivity index (χ0n) is 7.14. The second kappa shape index (κ2) is 3.17. The average Bonchev–Trinajstić information content (AvgIpc) is 2.03. The van der Waals surface area contributed by atoms with E-state index < -0.39 is 5.92 Å². The van der Waals surface area contributed by atoms with Crippen molar-refractivity contribution in [2.45, 2.75) is 26.2 Å². The molecule has 1 aromatic heterocycles. The smallest absolute Gasteiger partial charge is 0.261 e. The largest absolute Gasteiger partial charge is 0.272 e. The van der Waals surface area contributed by atoms with Gasteiger partial charge in [-0.2, -0.15) is 0 Å². The molecular weight excluding hydrogens is 160 g/mol. The van der Waals surface area contributed by atoms with Gasteiger partial charge in [-0.15, -0.1) is 0 Å². The zero-order chi connectivity index (χ0) is 9.19. The third-order valence-corrected chi connectivity index (χ3v) is 1.70. The molecule has 0 aromatic carbocycles. The van der Waals surface area contributed by atoms with E-state index in [2.05, 4.69) is 4.98 Å². The highest BCUT2D eigenvalue weighted by Gasteiger charge is 2.26. The van der Waals surface area contributed by atoms with Crippen LogP contribution in [0.15, 0.2) is 18.3 Å². The van der Waals surface area contributed by atoms with E-state index in [9.17, 15) is 8.78 Å². The van der Waals surface area contributed by atoms with E-state index in [4.69, 9.17) is 0 Å². The minimum atomic E-state index is -2.78. The minimum Gasteiger partial charge on any atom is -0.261 e. The first-order valence-corrected chi connectivity index (χ1v) is 3.88. The molecule has 0 spiro atoms. The van der Waals surface area contributed by atoms with Gasteiger partial charge in [-0.05, 0) is 18.6 Å². The molecule has 0 saturated carbocycles. The Hall–Kier alpha value is -0.990. The van der Waals surface area contributed by atoms with Crippen LogP contribution in [-0.2, 0) is 12.3 Å². The third kappa shape index (κ3) is 1.78. The molecule has 1 rings (SSSR count). The molecule has 0 N–H and O–H groups in total. The normalized spacial score (nSPS) is 11.7. The Labute approximate surface area is 70.4 Å². The second-order valence-corrected chi connectivity index (χ2v) is 2.74. The van der Waals surface area contributed by atoms with Gasteiger partial charge < -0.3 is 0 Å². The van der Waals surface area contributed by atoms with Crippen molar-refractivity contribution < 1.29 is 8.78 Å². The number of hydrogen-bond donors (Lipinski definition) is 0. The van der Waals surface area contributed by atoms with Gasteiger partial charge in [0.05, 0.1) is 0 Å². The first-order chi connectivity index (χ1) is 5.55. The molecule has 1 heterocycles. The molecule has 0 aliphatic carbocycles. The molecule has 66 valence electrons. The van der Waals surface area contributed by atoms with Crippen LogP contribution in [0.5, 0.6) is 0 Å². The van der Waals surface area contributed by atoms with E-state index >= 15 is 0 Å². The molecule has 0 fully saturated rings. The van der Waals surface area contributed by atoms with Gasteiger partial charge in [0, 0.05) is 24.4 Å². The van der Waals surface area contributed by atoms with Gasteiger partial charge in [0.1, 0.15) is 0 Å². The van der Waals surface area contributed by atoms with Gasteiger partial charge in [0.2, 0.25) is 0 Å². The zero-order valence-corrected chi connectivity index (χ0v) is 7.14. The summed E-state index contributed by atoms with van der Waals surface area (Å²) < 4.78 is 25.7. The molecule has 0 unspecified atom stereocenters. The maximum atomic E-state index is 12.9. The van der Waals surface area contributed by atoms with Gasteiger partial charge in [-0.3, -0.25) is 4.98 Å². The number of hydrogen-bond acceptors (Lipinski definition) is 1. The summed E-state index contributed by atoms with van der Waals surface area (Å²) in [4.78, 5) is 3.88. The lowest BCUT2D eigenvalue weighted by Crippen LogP contribution is -2.11. The quantitative estimate of drug-likeness (QED) is 0.666. The van der Waals surface area contributed by atoms with Gasteiger partial charge in [-0.25, -0.2) is 8.78 Å². The molecular formula is C9H11F2N. The highest BCUT2D eigenvalue weighted by Crippen LogP contribution is 2.28. The highest BCUT2D eigenvalue weighted by molar-refractivity contribution is 5.23. The van der Waals surface area contributed by atoms with Crippen LogP contribution < -0.4 is 0 Å². The summed E-state index contributed by atoms with van der Waals surface area (Å²) in [5.74, 6) is -2.78. The van der Waals surface area contributed by atoms with Crippen molar-refractivity contribution in [2.75, 3.05) is 0 Å². The highest BCUT2D eigenvalue weighted by atomic mass is 19.3. The second-order valence-electron chi connectivity index (χ2n) is 2.74. The molecule has 0 bridgehead atoms. The monoisotopic (exact) mass is 171 g/mol. The van der Waals surface area contributed by atoms with Crippen LogP contribution in [-0.4, -0.2) is 4.98 Å². The summed E-state index contributed by atoms with van der Waals surface area (Å²) in [6, 6.07) is 2.96. The molecule has 12 heavy (non-hydrogen) atoms. The standard InChI is InChI=1S/C9H11F2N/c1-3-8-7(9(2,10)11)5-4-6-12-8/h4-6H,3H2,1-2H3. The van der Waals surface area contributed by atoms with E-state index in [0.29, 0.717) is 12.1 Å². The number of nitrogens with zero attached hydrogens (tertiary/aromatic N) is 1. The van der Waals surface area contributed by atoms with E-state index in [1.807, 2.05) is 6.92 Å². The van der Waals surface area contributed by atoms with Crippen molar-refractivity contribution in [1.82, 2.24) is 4.98 Å². The predicted molar refractivity (Wildman–Crippen MR) is 43.2 cm³/mol. The Balaban J connectivity index is 3.14. The lowest BCUT2D eigenvalue weighted by molar-refractivity contribution is 0.0161. The molecule has 0 atom stereocenters. The molecule has 0 radical (unpaired) electrons. The molecule has 0 aliphatic rings. The van der Waals surface area contributed by atoms with Crippen LogP contribution in [0.3, 0.4) is 0 Å². The Kier molecular flexibility index (Phi) is 2.40. The summed E-state index contributed by atoms with van der Waals surface area (Å²) in [5.41, 5.74) is 0.512. The van der Waals surface area contributed by atoms with Gasteiger partial charge in [-0.1, -0.05) is 6.92 Å². The van der Waals surface area contributed by atoms with Crippen LogP contribution in [0.2, 0.25) is 0 Å². The third-order valence-electron chi connectivity index (χ3n) is 1.70. The summed E-state index contributed by atoms with van der Waals surface area (Å²) in [5, 5.41) is 0. The molecule has 0 saturated heterocycles. The van der Waals surface area contributed by atoms with Crippen molar-refractivity contribution in [3.05, 3.63) is 29.6 Å². The lowest BCUT2D eigenvalue weighted by Gasteiger charge is -2.13. The Morgan fingerprint density at radius 2 is 2.17 bits per heavy atom. The SMILES string of the molecule is CCc1ncccc1C(C)(F)F. The van der Waals surface area contributed by atoms with Crippen LogP contribution in [0.25, 0.3) is 0 Å². The molecule has 1 nitrogen and oxygen atoms in total. The van der Waals surface area contributed by atoms with E-state index in [0.717, 1.165) is 6.92 Å². The van der Waals surface area contributed by atoms with E-state index in [-0.39, 0.29) is 5.56 Å². The van der Waals surface area contributed by atoms with Gasteiger partial charge >= 0.3 is 0 Å². The maximum absolute atomic E-state index is 12.9. The number of halogens is 2. The topological polar surface area (TPSA) is 12.9 Å². The summed E-state index contributed by atoms with van der Waals surface area (Å²) in [6.45, 7) is 2.71. The summed E-state index contributed by atoms with van der Waals surface area (Å²) >= 11 is 0. The molecule has 0 aliphatic heterocycles. The fourth-order valence-electron chi connectivity index (χ4n) is 1.12. The number of pyridine rings is 1. The van der Waals surface area contributed by atoms with E-state index in [1.54, 1.807) is 0 Å². The maximum Gasteiger partial charge on any atom is 0.272 e. The Morgan fingerprint density at radius 3 is 2.58 bits per heavy atom. The van der Waals surface area contributed by atoms with Crippen LogP contribution in [0.4, 0.5) is 8.78 Å². The van der Waals surface area contributed by atoms with Crippen molar-refractivity contribution in [2.24, 2.45) is 0 Å². The van der Waals surface area contributed by atoms with E-state index in [1.165, 1.54) is 18.3 Å². The predicted octanol–water partition coefficient (Wildman–Crippen LogP) is 2.76. The first kappa shape index (κ1) is 9.10. The lowest BCUT2D eigenvalue weighted by atomic mass is 10.1. The molecule has 0 amide bonds. The Bertz CT molecular complexity index is 265. The van der Waals surface area contributed by atoms with Crippen LogP contribution in [0.1, 0.15) is 25.1 Å². The number of aryl methyl sites for hydroxylation is 1. The fourth-order valence-corrected chi connectivity index (χ4v) is 1.12. The number of aromatic nitrogens is 1. The average molecular weight is 171 g/mol. The molecule has 3 heteroatoms. The molecule has 1 aromatic rings. The summed E-state index contributed by atoms with van der Waals surface area (Å²) in [6.07, 6.45) is 2.08. The Morgan fingerprint density at radius 1 is 1.50 bits per heavy atom. The van der Waals surface area contributed by atoms with Gasteiger partial charge in [0.25, 0.3) is 5.92 Å². The minimum absolute atomic E-state index is 0.0347. The first-order valence-electron chi connectivity index (χ1n) is 3.88. The van der Waals surface area contributed by atoms with Crippen LogP contribution in [0, 0.1) is 0 Å². The van der Waals surface area contributed by atoms with Crippen molar-refractivity contribution in [3.63, 3.8) is 0 Å². The van der Waals surface area contributed by atoms with Crippen molar-refractivity contribution >= 4 is 0 Å². The van der Waals surface area contributed by atoms with Crippen molar-refractivity contribution in [3.8, 4) is 0 Å². The van der Waals surface area contributed by atoms with Gasteiger partial charge in [0.15, 0.2) is 0 Å². The summed E-state index contributed by atoms with van der Waals surface area (Å²) in [7, 11) is 0. The fraction of sp³-hybridized carbons (Fsp3) is 0.444. The van der Waals surface area contributed by atoms with Crippen molar-refractivity contribution in [1.29, 1.82) is 0 Å². The number of rotatable bonds is 2. The number of alkyl halides is 2.